The van der Waals surface area contributed by atoms with Gasteiger partial charge in [0.15, 0.2) is 5.90 Å². The number of aliphatic imine (C=N–C) groups is 1. The van der Waals surface area contributed by atoms with Crippen LogP contribution >= 0.6 is 0 Å². The molecule has 2 heteroatoms. The average molecular weight is 209 g/mol. The van der Waals surface area contributed by atoms with Gasteiger partial charge < -0.3 is 4.74 Å². The number of hydrogen-bond donors (Lipinski definition) is 0. The monoisotopic (exact) mass is 209 g/mol. The number of nitrogens with zero attached hydrogens (tertiary/aromatic N) is 1. The maximum absolute atomic E-state index is 5.90. The number of ether oxygens (including phenoxy) is 1. The SMILES string of the molecule is C=CC(C)(C)CC1=NC(C)(C)C(C)(C)O1. The first-order valence-corrected chi connectivity index (χ1v) is 5.51. The summed E-state index contributed by atoms with van der Waals surface area (Å²) in [5.74, 6) is 0.856. The maximum Gasteiger partial charge on any atom is 0.185 e. The Morgan fingerprint density at radius 3 is 2.20 bits per heavy atom. The smallest absolute Gasteiger partial charge is 0.185 e. The minimum absolute atomic E-state index is 0.0509. The van der Waals surface area contributed by atoms with Crippen LogP contribution in [-0.2, 0) is 4.74 Å². The van der Waals surface area contributed by atoms with Crippen molar-refractivity contribution in [2.24, 2.45) is 10.4 Å². The molecule has 0 aromatic heterocycles. The predicted molar refractivity (Wildman–Crippen MR) is 65.3 cm³/mol. The third kappa shape index (κ3) is 2.42. The van der Waals surface area contributed by atoms with Gasteiger partial charge in [-0.3, -0.25) is 0 Å². The van der Waals surface area contributed by atoms with Crippen LogP contribution in [0.3, 0.4) is 0 Å². The standard InChI is InChI=1S/C13H23NO/c1-8-11(2,3)9-10-14-12(4,5)13(6,7)15-10/h8H,1,9H2,2-7H3. The first-order valence-electron chi connectivity index (χ1n) is 5.51. The van der Waals surface area contributed by atoms with Crippen LogP contribution in [0.2, 0.25) is 0 Å². The zero-order chi connectivity index (χ0) is 11.9. The van der Waals surface area contributed by atoms with Crippen LogP contribution in [0.25, 0.3) is 0 Å². The Bertz CT molecular complexity index is 298. The van der Waals surface area contributed by atoms with E-state index >= 15 is 0 Å². The Balaban J connectivity index is 2.82. The van der Waals surface area contributed by atoms with Gasteiger partial charge in [-0.05, 0) is 33.1 Å². The van der Waals surface area contributed by atoms with E-state index in [0.717, 1.165) is 12.3 Å². The van der Waals surface area contributed by atoms with Crippen LogP contribution in [0.4, 0.5) is 0 Å². The lowest BCUT2D eigenvalue weighted by molar-refractivity contribution is 0.0575. The molecule has 0 saturated carbocycles. The summed E-state index contributed by atoms with van der Waals surface area (Å²) in [4.78, 5) is 4.65. The molecule has 0 saturated heterocycles. The largest absolute Gasteiger partial charge is 0.472 e. The molecule has 1 aliphatic rings. The van der Waals surface area contributed by atoms with Gasteiger partial charge in [0.2, 0.25) is 0 Å². The molecule has 0 aliphatic carbocycles. The molecule has 0 bridgehead atoms. The molecule has 1 aliphatic heterocycles. The van der Waals surface area contributed by atoms with Crippen molar-refractivity contribution in [1.29, 1.82) is 0 Å². The summed E-state index contributed by atoms with van der Waals surface area (Å²) >= 11 is 0. The Hall–Kier alpha value is -0.790. The first-order chi connectivity index (χ1) is 6.60. The first kappa shape index (κ1) is 12.3. The van der Waals surface area contributed by atoms with Gasteiger partial charge in [0, 0.05) is 6.42 Å². The van der Waals surface area contributed by atoms with Crippen LogP contribution in [0.5, 0.6) is 0 Å². The Kier molecular flexibility index (Phi) is 2.75. The van der Waals surface area contributed by atoms with E-state index in [4.69, 9.17) is 4.74 Å². The van der Waals surface area contributed by atoms with Gasteiger partial charge in [0.05, 0.1) is 5.54 Å². The zero-order valence-electron chi connectivity index (χ0n) is 10.8. The molecule has 2 nitrogen and oxygen atoms in total. The molecule has 15 heavy (non-hydrogen) atoms. The van der Waals surface area contributed by atoms with Crippen molar-refractivity contribution in [3.8, 4) is 0 Å². The van der Waals surface area contributed by atoms with Crippen molar-refractivity contribution in [2.45, 2.75) is 59.1 Å². The molecule has 0 spiro atoms. The van der Waals surface area contributed by atoms with E-state index in [0.29, 0.717) is 0 Å². The van der Waals surface area contributed by atoms with Gasteiger partial charge in [0.1, 0.15) is 5.60 Å². The van der Waals surface area contributed by atoms with Gasteiger partial charge in [-0.25, -0.2) is 4.99 Å². The van der Waals surface area contributed by atoms with Crippen molar-refractivity contribution >= 4 is 5.90 Å². The van der Waals surface area contributed by atoms with Crippen molar-refractivity contribution in [3.05, 3.63) is 12.7 Å². The van der Waals surface area contributed by atoms with E-state index < -0.39 is 0 Å². The van der Waals surface area contributed by atoms with Crippen LogP contribution in [0.1, 0.15) is 48.0 Å². The highest BCUT2D eigenvalue weighted by Gasteiger charge is 2.45. The van der Waals surface area contributed by atoms with Crippen molar-refractivity contribution in [1.82, 2.24) is 0 Å². The maximum atomic E-state index is 5.90. The van der Waals surface area contributed by atoms with E-state index in [9.17, 15) is 0 Å². The zero-order valence-corrected chi connectivity index (χ0v) is 10.8. The molecule has 1 rings (SSSR count). The lowest BCUT2D eigenvalue weighted by Crippen LogP contribution is -2.41. The van der Waals surface area contributed by atoms with Crippen LogP contribution in [0.15, 0.2) is 17.6 Å². The molecular weight excluding hydrogens is 186 g/mol. The van der Waals surface area contributed by atoms with Crippen molar-refractivity contribution < 1.29 is 4.74 Å². The number of allylic oxidation sites excluding steroid dienone is 1. The molecule has 0 fully saturated rings. The summed E-state index contributed by atoms with van der Waals surface area (Å²) in [7, 11) is 0. The quantitative estimate of drug-likeness (QED) is 0.651. The highest BCUT2D eigenvalue weighted by Crippen LogP contribution is 2.37. The Labute approximate surface area is 93.4 Å². The van der Waals surface area contributed by atoms with Crippen LogP contribution in [0, 0.1) is 5.41 Å². The van der Waals surface area contributed by atoms with Gasteiger partial charge in [-0.15, -0.1) is 6.58 Å². The molecule has 0 unspecified atom stereocenters. The molecule has 0 aromatic rings. The highest BCUT2D eigenvalue weighted by atomic mass is 16.5. The minimum atomic E-state index is -0.209. The fourth-order valence-corrected chi connectivity index (χ4v) is 1.43. The van der Waals surface area contributed by atoms with E-state index in [1.165, 1.54) is 0 Å². The molecule has 0 aromatic carbocycles. The summed E-state index contributed by atoms with van der Waals surface area (Å²) in [6.45, 7) is 16.5. The molecule has 86 valence electrons. The Morgan fingerprint density at radius 2 is 1.87 bits per heavy atom. The summed E-state index contributed by atoms with van der Waals surface area (Å²) in [6.07, 6.45) is 2.78. The van der Waals surface area contributed by atoms with Crippen molar-refractivity contribution in [3.63, 3.8) is 0 Å². The Morgan fingerprint density at radius 1 is 1.33 bits per heavy atom. The molecule has 0 atom stereocenters. The number of hydrogen-bond acceptors (Lipinski definition) is 2. The van der Waals surface area contributed by atoms with Gasteiger partial charge in [-0.2, -0.15) is 0 Å². The summed E-state index contributed by atoms with van der Waals surface area (Å²) in [5.41, 5.74) is -0.297. The second-order valence-electron chi connectivity index (χ2n) is 6.05. The second-order valence-corrected chi connectivity index (χ2v) is 6.05. The summed E-state index contributed by atoms with van der Waals surface area (Å²) in [5, 5.41) is 0. The predicted octanol–water partition coefficient (Wildman–Crippen LogP) is 3.57. The van der Waals surface area contributed by atoms with Crippen LogP contribution < -0.4 is 0 Å². The van der Waals surface area contributed by atoms with Crippen molar-refractivity contribution in [2.75, 3.05) is 0 Å². The van der Waals surface area contributed by atoms with Gasteiger partial charge in [0.25, 0.3) is 0 Å². The average Bonchev–Trinajstić information content (AvgIpc) is 2.19. The molecule has 0 radical (unpaired) electrons. The molecule has 0 N–H and O–H groups in total. The van der Waals surface area contributed by atoms with E-state index in [1.54, 1.807) is 0 Å². The third-order valence-corrected chi connectivity index (χ3v) is 3.41. The van der Waals surface area contributed by atoms with E-state index in [1.807, 2.05) is 6.08 Å². The van der Waals surface area contributed by atoms with E-state index in [-0.39, 0.29) is 16.6 Å². The fraction of sp³-hybridized carbons (Fsp3) is 0.769. The normalized spacial score (nSPS) is 23.2. The number of rotatable bonds is 3. The van der Waals surface area contributed by atoms with Crippen LogP contribution in [-0.4, -0.2) is 17.0 Å². The summed E-state index contributed by atoms with van der Waals surface area (Å²) in [6, 6.07) is 0. The third-order valence-electron chi connectivity index (χ3n) is 3.41. The summed E-state index contributed by atoms with van der Waals surface area (Å²) < 4.78 is 5.90. The lowest BCUT2D eigenvalue weighted by Gasteiger charge is -2.31. The van der Waals surface area contributed by atoms with E-state index in [2.05, 4.69) is 53.1 Å². The second kappa shape index (κ2) is 3.36. The topological polar surface area (TPSA) is 21.6 Å². The van der Waals surface area contributed by atoms with Gasteiger partial charge in [-0.1, -0.05) is 19.9 Å². The molecule has 0 amide bonds. The highest BCUT2D eigenvalue weighted by molar-refractivity contribution is 5.80. The lowest BCUT2D eigenvalue weighted by atomic mass is 9.87. The fourth-order valence-electron chi connectivity index (χ4n) is 1.43. The van der Waals surface area contributed by atoms with Gasteiger partial charge >= 0.3 is 0 Å². The molecular formula is C13H23NO. The minimum Gasteiger partial charge on any atom is -0.472 e. The molecule has 1 heterocycles.